The van der Waals surface area contributed by atoms with Gasteiger partial charge in [-0.1, -0.05) is 0 Å². The maximum absolute atomic E-state index is 11.6. The van der Waals surface area contributed by atoms with Gasteiger partial charge in [-0.05, 0) is 25.3 Å². The first-order valence-electron chi connectivity index (χ1n) is 7.06. The lowest BCUT2D eigenvalue weighted by atomic mass is 10.2. The molecular weight excluding hydrogens is 276 g/mol. The minimum absolute atomic E-state index is 0.00571. The predicted molar refractivity (Wildman–Crippen MR) is 78.9 cm³/mol. The molecule has 2 aliphatic heterocycles. The molecular formula is C13H20N4O2S. The second kappa shape index (κ2) is 5.20. The molecule has 0 N–H and O–H groups in total. The molecule has 1 aromatic rings. The van der Waals surface area contributed by atoms with E-state index in [1.165, 1.54) is 12.8 Å². The van der Waals surface area contributed by atoms with Crippen LogP contribution in [0.4, 0.5) is 11.8 Å². The molecule has 0 spiro atoms. The van der Waals surface area contributed by atoms with E-state index in [1.807, 2.05) is 18.0 Å². The molecule has 0 aliphatic carbocycles. The minimum Gasteiger partial charge on any atom is -0.356 e. The second-order valence-electron chi connectivity index (χ2n) is 5.58. The quantitative estimate of drug-likeness (QED) is 0.818. The zero-order valence-corrected chi connectivity index (χ0v) is 12.5. The number of sulfone groups is 1. The van der Waals surface area contributed by atoms with Crippen molar-refractivity contribution in [2.75, 3.05) is 41.4 Å². The molecule has 3 heterocycles. The van der Waals surface area contributed by atoms with E-state index in [2.05, 4.69) is 14.9 Å². The SMILES string of the molecule is CN(c1nccc(N2CCCC2)n1)C1CCS(=O)(=O)C1. The molecule has 1 unspecified atom stereocenters. The zero-order chi connectivity index (χ0) is 14.2. The Morgan fingerprint density at radius 1 is 1.35 bits per heavy atom. The van der Waals surface area contributed by atoms with Gasteiger partial charge in [-0.15, -0.1) is 0 Å². The van der Waals surface area contributed by atoms with E-state index in [0.717, 1.165) is 18.9 Å². The first-order valence-corrected chi connectivity index (χ1v) is 8.88. The maximum Gasteiger partial charge on any atom is 0.227 e. The largest absolute Gasteiger partial charge is 0.356 e. The summed E-state index contributed by atoms with van der Waals surface area (Å²) in [6, 6.07) is 1.92. The van der Waals surface area contributed by atoms with Crippen LogP contribution in [0.15, 0.2) is 12.3 Å². The summed E-state index contributed by atoms with van der Waals surface area (Å²) in [6.45, 7) is 2.08. The normalized spacial score (nSPS) is 25.1. The minimum atomic E-state index is -2.88. The molecule has 0 bridgehead atoms. The van der Waals surface area contributed by atoms with Crippen molar-refractivity contribution < 1.29 is 8.42 Å². The van der Waals surface area contributed by atoms with Crippen LogP contribution in [0.1, 0.15) is 19.3 Å². The van der Waals surface area contributed by atoms with Crippen LogP contribution in [-0.2, 0) is 9.84 Å². The third-order valence-electron chi connectivity index (χ3n) is 4.13. The average Bonchev–Trinajstić information content (AvgIpc) is 3.07. The molecule has 0 saturated carbocycles. The van der Waals surface area contributed by atoms with E-state index < -0.39 is 9.84 Å². The van der Waals surface area contributed by atoms with Crippen LogP contribution in [0.5, 0.6) is 0 Å². The monoisotopic (exact) mass is 296 g/mol. The molecule has 0 aromatic carbocycles. The van der Waals surface area contributed by atoms with Crippen LogP contribution >= 0.6 is 0 Å². The van der Waals surface area contributed by atoms with Gasteiger partial charge in [0.1, 0.15) is 5.82 Å². The Bertz CT molecular complexity index is 584. The fraction of sp³-hybridized carbons (Fsp3) is 0.692. The molecule has 7 heteroatoms. The lowest BCUT2D eigenvalue weighted by Crippen LogP contribution is -2.34. The van der Waals surface area contributed by atoms with Crippen molar-refractivity contribution in [3.8, 4) is 0 Å². The fourth-order valence-electron chi connectivity index (χ4n) is 2.88. The highest BCUT2D eigenvalue weighted by Crippen LogP contribution is 2.23. The Labute approximate surface area is 119 Å². The van der Waals surface area contributed by atoms with Gasteiger partial charge in [-0.2, -0.15) is 4.98 Å². The summed E-state index contributed by atoms with van der Waals surface area (Å²) >= 11 is 0. The average molecular weight is 296 g/mol. The van der Waals surface area contributed by atoms with E-state index in [4.69, 9.17) is 0 Å². The summed E-state index contributed by atoms with van der Waals surface area (Å²) in [5, 5.41) is 0. The topological polar surface area (TPSA) is 66.4 Å². The van der Waals surface area contributed by atoms with Gasteiger partial charge < -0.3 is 9.80 Å². The van der Waals surface area contributed by atoms with E-state index in [1.54, 1.807) is 6.20 Å². The molecule has 2 saturated heterocycles. The number of hydrogen-bond donors (Lipinski definition) is 0. The zero-order valence-electron chi connectivity index (χ0n) is 11.7. The number of nitrogens with zero attached hydrogens (tertiary/aromatic N) is 4. The third kappa shape index (κ3) is 2.72. The summed E-state index contributed by atoms with van der Waals surface area (Å²) in [4.78, 5) is 13.1. The van der Waals surface area contributed by atoms with Crippen molar-refractivity contribution in [2.24, 2.45) is 0 Å². The number of rotatable bonds is 3. The third-order valence-corrected chi connectivity index (χ3v) is 5.88. The van der Waals surface area contributed by atoms with Crippen molar-refractivity contribution in [1.82, 2.24) is 9.97 Å². The molecule has 0 amide bonds. The molecule has 1 aromatic heterocycles. The molecule has 3 rings (SSSR count). The fourth-order valence-corrected chi connectivity index (χ4v) is 4.65. The number of aromatic nitrogens is 2. The maximum atomic E-state index is 11.6. The molecule has 20 heavy (non-hydrogen) atoms. The molecule has 2 fully saturated rings. The van der Waals surface area contributed by atoms with Crippen molar-refractivity contribution in [2.45, 2.75) is 25.3 Å². The van der Waals surface area contributed by atoms with Crippen molar-refractivity contribution in [3.63, 3.8) is 0 Å². The second-order valence-corrected chi connectivity index (χ2v) is 7.81. The van der Waals surface area contributed by atoms with Crippen LogP contribution in [-0.4, -0.2) is 56.1 Å². The van der Waals surface area contributed by atoms with Crippen LogP contribution in [0.2, 0.25) is 0 Å². The Hall–Kier alpha value is -1.37. The van der Waals surface area contributed by atoms with Gasteiger partial charge in [0, 0.05) is 32.4 Å². The van der Waals surface area contributed by atoms with E-state index in [-0.39, 0.29) is 17.5 Å². The smallest absolute Gasteiger partial charge is 0.227 e. The Morgan fingerprint density at radius 2 is 2.10 bits per heavy atom. The van der Waals surface area contributed by atoms with Crippen molar-refractivity contribution in [1.29, 1.82) is 0 Å². The molecule has 1 atom stereocenters. The van der Waals surface area contributed by atoms with Crippen molar-refractivity contribution >= 4 is 21.6 Å². The lowest BCUT2D eigenvalue weighted by molar-refractivity contribution is 0.600. The van der Waals surface area contributed by atoms with Gasteiger partial charge in [-0.3, -0.25) is 0 Å². The van der Waals surface area contributed by atoms with E-state index in [0.29, 0.717) is 12.4 Å². The Balaban J connectivity index is 1.78. The molecule has 6 nitrogen and oxygen atoms in total. The van der Waals surface area contributed by atoms with Crippen LogP contribution in [0, 0.1) is 0 Å². The highest BCUT2D eigenvalue weighted by Gasteiger charge is 2.31. The van der Waals surface area contributed by atoms with Gasteiger partial charge in [-0.25, -0.2) is 13.4 Å². The van der Waals surface area contributed by atoms with E-state index in [9.17, 15) is 8.42 Å². The number of anilines is 2. The van der Waals surface area contributed by atoms with Gasteiger partial charge >= 0.3 is 0 Å². The number of hydrogen-bond acceptors (Lipinski definition) is 6. The van der Waals surface area contributed by atoms with Gasteiger partial charge in [0.15, 0.2) is 9.84 Å². The highest BCUT2D eigenvalue weighted by molar-refractivity contribution is 7.91. The summed E-state index contributed by atoms with van der Waals surface area (Å²) < 4.78 is 23.2. The van der Waals surface area contributed by atoms with Gasteiger partial charge in [0.25, 0.3) is 0 Å². The molecule has 0 radical (unpaired) electrons. The summed E-state index contributed by atoms with van der Waals surface area (Å²) in [6.07, 6.45) is 4.83. The van der Waals surface area contributed by atoms with Crippen LogP contribution < -0.4 is 9.80 Å². The van der Waals surface area contributed by atoms with Crippen LogP contribution in [0.3, 0.4) is 0 Å². The molecule has 110 valence electrons. The van der Waals surface area contributed by atoms with E-state index >= 15 is 0 Å². The van der Waals surface area contributed by atoms with Crippen molar-refractivity contribution in [3.05, 3.63) is 12.3 Å². The lowest BCUT2D eigenvalue weighted by Gasteiger charge is -2.25. The summed E-state index contributed by atoms with van der Waals surface area (Å²) in [7, 11) is -0.998. The first kappa shape index (κ1) is 13.6. The standard InChI is InChI=1S/C13H20N4O2S/c1-16(11-5-9-20(18,19)10-11)13-14-6-4-12(15-13)17-7-2-3-8-17/h4,6,11H,2-3,5,7-10H2,1H3. The Kier molecular flexibility index (Phi) is 3.54. The highest BCUT2D eigenvalue weighted by atomic mass is 32.2. The Morgan fingerprint density at radius 3 is 2.75 bits per heavy atom. The molecule has 2 aliphatic rings. The summed E-state index contributed by atoms with van der Waals surface area (Å²) in [5.74, 6) is 2.05. The van der Waals surface area contributed by atoms with Crippen LogP contribution in [0.25, 0.3) is 0 Å². The van der Waals surface area contributed by atoms with Gasteiger partial charge in [0.05, 0.1) is 11.5 Å². The van der Waals surface area contributed by atoms with Gasteiger partial charge in [0.2, 0.25) is 5.95 Å². The predicted octanol–water partition coefficient (Wildman–Crippen LogP) is 0.700. The summed E-state index contributed by atoms with van der Waals surface area (Å²) in [5.41, 5.74) is 0. The first-order chi connectivity index (χ1) is 9.55.